The highest BCUT2D eigenvalue weighted by Gasteiger charge is 2.40. The summed E-state index contributed by atoms with van der Waals surface area (Å²) in [7, 11) is 1.61. The Morgan fingerprint density at radius 3 is 2.33 bits per heavy atom. The first kappa shape index (κ1) is 15.3. The molecule has 21 heavy (non-hydrogen) atoms. The number of carbonyl (C=O) groups excluding carboxylic acids is 1. The number of nitrogens with zero attached hydrogens (tertiary/aromatic N) is 2. The van der Waals surface area contributed by atoms with E-state index < -0.39 is 24.1 Å². The van der Waals surface area contributed by atoms with E-state index in [1.807, 2.05) is 32.0 Å². The molecular weight excluding hydrogens is 272 g/mol. The third-order valence-corrected chi connectivity index (χ3v) is 3.69. The molecule has 1 fully saturated rings. The van der Waals surface area contributed by atoms with Gasteiger partial charge in [-0.3, -0.25) is 4.90 Å². The van der Waals surface area contributed by atoms with E-state index in [0.717, 1.165) is 11.1 Å². The maximum Gasteiger partial charge on any atom is 0.326 e. The highest BCUT2D eigenvalue weighted by Crippen LogP contribution is 2.23. The van der Waals surface area contributed by atoms with Crippen molar-refractivity contribution < 1.29 is 19.8 Å². The second-order valence-corrected chi connectivity index (χ2v) is 5.58. The molecule has 2 atom stereocenters. The summed E-state index contributed by atoms with van der Waals surface area (Å²) in [5, 5.41) is 18.8. The van der Waals surface area contributed by atoms with Gasteiger partial charge in [0.05, 0.1) is 6.10 Å². The Labute approximate surface area is 123 Å². The first-order valence-corrected chi connectivity index (χ1v) is 6.83. The van der Waals surface area contributed by atoms with Crippen LogP contribution in [0.3, 0.4) is 0 Å². The van der Waals surface area contributed by atoms with Crippen LogP contribution >= 0.6 is 0 Å². The molecule has 2 N–H and O–H groups in total. The van der Waals surface area contributed by atoms with Gasteiger partial charge in [0.15, 0.2) is 0 Å². The molecule has 1 heterocycles. The zero-order valence-electron chi connectivity index (χ0n) is 12.4. The molecule has 0 bridgehead atoms. The average Bonchev–Trinajstić information content (AvgIpc) is 2.78. The Morgan fingerprint density at radius 2 is 1.81 bits per heavy atom. The summed E-state index contributed by atoms with van der Waals surface area (Å²) in [6.07, 6.45) is -0.718. The van der Waals surface area contributed by atoms with Crippen LogP contribution in [-0.4, -0.2) is 52.9 Å². The number of anilines is 1. The van der Waals surface area contributed by atoms with Crippen molar-refractivity contribution >= 4 is 17.7 Å². The van der Waals surface area contributed by atoms with Gasteiger partial charge >= 0.3 is 12.0 Å². The summed E-state index contributed by atoms with van der Waals surface area (Å²) in [5.41, 5.74) is 2.77. The number of benzene rings is 1. The molecule has 2 amide bonds. The summed E-state index contributed by atoms with van der Waals surface area (Å²) in [6.45, 7) is 3.92. The smallest absolute Gasteiger partial charge is 0.326 e. The van der Waals surface area contributed by atoms with Crippen LogP contribution in [0.5, 0.6) is 0 Å². The van der Waals surface area contributed by atoms with Crippen LogP contribution in [0.25, 0.3) is 0 Å². The number of amides is 2. The van der Waals surface area contributed by atoms with Crippen molar-refractivity contribution in [2.45, 2.75) is 32.4 Å². The Morgan fingerprint density at radius 1 is 1.24 bits per heavy atom. The fourth-order valence-electron chi connectivity index (χ4n) is 2.71. The lowest BCUT2D eigenvalue weighted by atomic mass is 10.1. The van der Waals surface area contributed by atoms with E-state index in [0.29, 0.717) is 5.69 Å². The molecule has 0 aromatic heterocycles. The minimum absolute atomic E-state index is 0.0466. The van der Waals surface area contributed by atoms with E-state index in [-0.39, 0.29) is 13.0 Å². The van der Waals surface area contributed by atoms with Gasteiger partial charge in [-0.1, -0.05) is 6.07 Å². The van der Waals surface area contributed by atoms with Gasteiger partial charge in [0.1, 0.15) is 6.04 Å². The van der Waals surface area contributed by atoms with Gasteiger partial charge in [-0.25, -0.2) is 9.59 Å². The molecule has 0 spiro atoms. The Bertz CT molecular complexity index is 553. The average molecular weight is 292 g/mol. The summed E-state index contributed by atoms with van der Waals surface area (Å²) in [6, 6.07) is 4.35. The lowest BCUT2D eigenvalue weighted by Crippen LogP contribution is -2.47. The predicted molar refractivity (Wildman–Crippen MR) is 78.5 cm³/mol. The largest absolute Gasteiger partial charge is 0.480 e. The summed E-state index contributed by atoms with van der Waals surface area (Å²) < 4.78 is 0. The van der Waals surface area contributed by atoms with Crippen molar-refractivity contribution in [1.82, 2.24) is 4.90 Å². The number of aliphatic hydroxyl groups excluding tert-OH is 1. The number of carbonyl (C=O) groups is 2. The second kappa shape index (κ2) is 5.73. The van der Waals surface area contributed by atoms with Gasteiger partial charge in [-0.15, -0.1) is 0 Å². The molecule has 6 heteroatoms. The van der Waals surface area contributed by atoms with Crippen LogP contribution in [0.1, 0.15) is 17.5 Å². The maximum absolute atomic E-state index is 12.5. The molecule has 1 aromatic carbocycles. The van der Waals surface area contributed by atoms with Crippen molar-refractivity contribution in [2.24, 2.45) is 0 Å². The van der Waals surface area contributed by atoms with Crippen LogP contribution in [0.4, 0.5) is 10.5 Å². The van der Waals surface area contributed by atoms with Crippen molar-refractivity contribution in [2.75, 3.05) is 18.5 Å². The number of urea groups is 1. The SMILES string of the molecule is Cc1cc(C)cc(N(C)C(=O)N2C[C@@H](O)C[C@H]2C(=O)O)c1. The molecule has 2 rings (SSSR count). The molecule has 0 radical (unpaired) electrons. The van der Waals surface area contributed by atoms with E-state index in [9.17, 15) is 14.7 Å². The highest BCUT2D eigenvalue weighted by atomic mass is 16.4. The number of carboxylic acids is 1. The molecule has 114 valence electrons. The van der Waals surface area contributed by atoms with Crippen LogP contribution in [0.2, 0.25) is 0 Å². The zero-order chi connectivity index (χ0) is 15.7. The van der Waals surface area contributed by atoms with E-state index in [2.05, 4.69) is 0 Å². The van der Waals surface area contributed by atoms with Gasteiger partial charge in [0.2, 0.25) is 0 Å². The van der Waals surface area contributed by atoms with Gasteiger partial charge in [0, 0.05) is 25.7 Å². The van der Waals surface area contributed by atoms with E-state index >= 15 is 0 Å². The number of aliphatic carboxylic acids is 1. The fourth-order valence-corrected chi connectivity index (χ4v) is 2.71. The third-order valence-electron chi connectivity index (χ3n) is 3.69. The van der Waals surface area contributed by atoms with Gasteiger partial charge in [0.25, 0.3) is 0 Å². The predicted octanol–water partition coefficient (Wildman–Crippen LogP) is 1.38. The van der Waals surface area contributed by atoms with Crippen molar-refractivity contribution in [1.29, 1.82) is 0 Å². The Balaban J connectivity index is 2.24. The van der Waals surface area contributed by atoms with E-state index in [4.69, 9.17) is 5.11 Å². The van der Waals surface area contributed by atoms with Crippen molar-refractivity contribution in [3.63, 3.8) is 0 Å². The molecule has 0 unspecified atom stereocenters. The number of β-amino-alcohol motifs (C(OH)–C–C–N with tert-alkyl or cyclic N) is 1. The first-order chi connectivity index (χ1) is 9.79. The number of aryl methyl sites for hydroxylation is 2. The Kier molecular flexibility index (Phi) is 4.18. The molecule has 1 aliphatic heterocycles. The quantitative estimate of drug-likeness (QED) is 0.863. The number of hydrogen-bond acceptors (Lipinski definition) is 3. The normalized spacial score (nSPS) is 21.4. The standard InChI is InChI=1S/C15H20N2O4/c1-9-4-10(2)6-11(5-9)16(3)15(21)17-8-12(18)7-13(17)14(19)20/h4-6,12-13,18H,7-8H2,1-3H3,(H,19,20)/t12-,13-/m0/s1. The number of aliphatic hydroxyl groups is 1. The van der Waals surface area contributed by atoms with Gasteiger partial charge < -0.3 is 15.1 Å². The number of hydrogen-bond donors (Lipinski definition) is 2. The molecule has 1 saturated heterocycles. The molecule has 1 aromatic rings. The van der Waals surface area contributed by atoms with E-state index in [1.165, 1.54) is 9.80 Å². The zero-order valence-corrected chi connectivity index (χ0v) is 12.4. The summed E-state index contributed by atoms with van der Waals surface area (Å²) >= 11 is 0. The number of rotatable bonds is 2. The minimum Gasteiger partial charge on any atom is -0.480 e. The first-order valence-electron chi connectivity index (χ1n) is 6.83. The Hall–Kier alpha value is -2.08. The van der Waals surface area contributed by atoms with Crippen LogP contribution in [0.15, 0.2) is 18.2 Å². The van der Waals surface area contributed by atoms with Crippen molar-refractivity contribution in [3.05, 3.63) is 29.3 Å². The summed E-state index contributed by atoms with van der Waals surface area (Å²) in [5.74, 6) is -1.09. The minimum atomic E-state index is -1.09. The van der Waals surface area contributed by atoms with Gasteiger partial charge in [-0.05, 0) is 37.1 Å². The molecular formula is C15H20N2O4. The number of carboxylic acid groups (broad SMARTS) is 1. The fraction of sp³-hybridized carbons (Fsp3) is 0.467. The molecule has 0 saturated carbocycles. The monoisotopic (exact) mass is 292 g/mol. The maximum atomic E-state index is 12.5. The molecule has 0 aliphatic carbocycles. The van der Waals surface area contributed by atoms with Crippen LogP contribution < -0.4 is 4.90 Å². The second-order valence-electron chi connectivity index (χ2n) is 5.58. The third kappa shape index (κ3) is 3.16. The molecule has 6 nitrogen and oxygen atoms in total. The topological polar surface area (TPSA) is 81.1 Å². The van der Waals surface area contributed by atoms with Crippen LogP contribution in [0, 0.1) is 13.8 Å². The summed E-state index contributed by atoms with van der Waals surface area (Å²) in [4.78, 5) is 26.3. The van der Waals surface area contributed by atoms with Crippen molar-refractivity contribution in [3.8, 4) is 0 Å². The number of likely N-dealkylation sites (tertiary alicyclic amines) is 1. The van der Waals surface area contributed by atoms with Gasteiger partial charge in [-0.2, -0.15) is 0 Å². The highest BCUT2D eigenvalue weighted by molar-refractivity contribution is 5.94. The van der Waals surface area contributed by atoms with E-state index in [1.54, 1.807) is 7.05 Å². The lowest BCUT2D eigenvalue weighted by molar-refractivity contribution is -0.141. The lowest BCUT2D eigenvalue weighted by Gasteiger charge is -2.28. The van der Waals surface area contributed by atoms with Crippen LogP contribution in [-0.2, 0) is 4.79 Å². The molecule has 1 aliphatic rings.